The van der Waals surface area contributed by atoms with Crippen molar-refractivity contribution in [2.45, 2.75) is 24.3 Å². The molecule has 8 heteroatoms. The number of tetrazole rings is 1. The van der Waals surface area contributed by atoms with Crippen LogP contribution in [0.15, 0.2) is 84.0 Å². The third-order valence-corrected chi connectivity index (χ3v) is 5.79. The van der Waals surface area contributed by atoms with Crippen LogP contribution in [-0.2, 0) is 4.79 Å². The van der Waals surface area contributed by atoms with Crippen LogP contribution < -0.4 is 10.1 Å². The van der Waals surface area contributed by atoms with E-state index < -0.39 is 5.25 Å². The maximum atomic E-state index is 13.0. The molecule has 3 aromatic carbocycles. The Morgan fingerprint density at radius 2 is 1.75 bits per heavy atom. The lowest BCUT2D eigenvalue weighted by Gasteiger charge is -2.15. The lowest BCUT2D eigenvalue weighted by Crippen LogP contribution is -2.23. The number of para-hydroxylation sites is 3. The van der Waals surface area contributed by atoms with Gasteiger partial charge in [-0.1, -0.05) is 72.4 Å². The summed E-state index contributed by atoms with van der Waals surface area (Å²) in [4.78, 5) is 13.0. The summed E-state index contributed by atoms with van der Waals surface area (Å²) in [6, 6.07) is 25.3. The Bertz CT molecular complexity index is 1200. The van der Waals surface area contributed by atoms with Crippen molar-refractivity contribution in [3.8, 4) is 22.6 Å². The van der Waals surface area contributed by atoms with E-state index in [4.69, 9.17) is 4.74 Å². The molecule has 0 aliphatic rings. The predicted molar refractivity (Wildman–Crippen MR) is 126 cm³/mol. The average molecular weight is 446 g/mol. The topological polar surface area (TPSA) is 81.9 Å². The quantitative estimate of drug-likeness (QED) is 0.391. The SMILES string of the molecule is CCOc1ccccc1-n1nnnc1SC(C)C(=O)Nc1ccccc1-c1ccccc1. The zero-order valence-electron chi connectivity index (χ0n) is 17.8. The second-order valence-corrected chi connectivity index (χ2v) is 8.24. The lowest BCUT2D eigenvalue weighted by molar-refractivity contribution is -0.115. The third kappa shape index (κ3) is 4.81. The van der Waals surface area contributed by atoms with Gasteiger partial charge in [0.2, 0.25) is 11.1 Å². The Morgan fingerprint density at radius 1 is 1.03 bits per heavy atom. The minimum absolute atomic E-state index is 0.133. The number of hydrogen-bond donors (Lipinski definition) is 1. The molecule has 4 aromatic rings. The molecule has 0 spiro atoms. The maximum absolute atomic E-state index is 13.0. The summed E-state index contributed by atoms with van der Waals surface area (Å²) in [6.45, 7) is 4.28. The molecule has 0 bridgehead atoms. The van der Waals surface area contributed by atoms with E-state index in [1.54, 1.807) is 4.68 Å². The first-order valence-corrected chi connectivity index (χ1v) is 11.2. The fraction of sp³-hybridized carbons (Fsp3) is 0.167. The summed E-state index contributed by atoms with van der Waals surface area (Å²) in [5, 5.41) is 15.2. The molecule has 4 rings (SSSR count). The minimum Gasteiger partial charge on any atom is -0.492 e. The number of carbonyl (C=O) groups is 1. The molecule has 1 unspecified atom stereocenters. The highest BCUT2D eigenvalue weighted by atomic mass is 32.2. The van der Waals surface area contributed by atoms with Crippen molar-refractivity contribution in [3.05, 3.63) is 78.9 Å². The molecule has 0 fully saturated rings. The molecule has 0 saturated carbocycles. The van der Waals surface area contributed by atoms with Crippen molar-refractivity contribution in [3.63, 3.8) is 0 Å². The van der Waals surface area contributed by atoms with Crippen LogP contribution in [0.1, 0.15) is 13.8 Å². The van der Waals surface area contributed by atoms with Crippen LogP contribution in [-0.4, -0.2) is 38.0 Å². The molecule has 162 valence electrons. The van der Waals surface area contributed by atoms with E-state index in [2.05, 4.69) is 20.8 Å². The number of rotatable bonds is 8. The Morgan fingerprint density at radius 3 is 2.56 bits per heavy atom. The van der Waals surface area contributed by atoms with Crippen molar-refractivity contribution in [2.75, 3.05) is 11.9 Å². The van der Waals surface area contributed by atoms with Gasteiger partial charge in [-0.25, -0.2) is 0 Å². The summed E-state index contributed by atoms with van der Waals surface area (Å²) in [6.07, 6.45) is 0. The van der Waals surface area contributed by atoms with E-state index in [-0.39, 0.29) is 5.91 Å². The van der Waals surface area contributed by atoms with E-state index >= 15 is 0 Å². The predicted octanol–water partition coefficient (Wildman–Crippen LogP) is 4.85. The van der Waals surface area contributed by atoms with Crippen molar-refractivity contribution < 1.29 is 9.53 Å². The van der Waals surface area contributed by atoms with Crippen LogP contribution in [0.5, 0.6) is 5.75 Å². The molecular formula is C24H23N5O2S. The summed E-state index contributed by atoms with van der Waals surface area (Å²) >= 11 is 1.29. The number of carbonyl (C=O) groups excluding carboxylic acids is 1. The first kappa shape index (κ1) is 21.6. The summed E-state index contributed by atoms with van der Waals surface area (Å²) in [7, 11) is 0. The normalized spacial score (nSPS) is 11.7. The van der Waals surface area contributed by atoms with Crippen LogP contribution in [0.4, 0.5) is 5.69 Å². The second kappa shape index (κ2) is 10.1. The van der Waals surface area contributed by atoms with Crippen molar-refractivity contribution in [1.29, 1.82) is 0 Å². The number of amides is 1. The summed E-state index contributed by atoms with van der Waals surface area (Å²) < 4.78 is 7.29. The Kier molecular flexibility index (Phi) is 6.81. The molecule has 1 amide bonds. The largest absolute Gasteiger partial charge is 0.492 e. The van der Waals surface area contributed by atoms with Gasteiger partial charge in [-0.15, -0.1) is 5.10 Å². The standard InChI is InChI=1S/C24H23N5O2S/c1-3-31-22-16-10-9-15-21(22)29-24(26-27-28-29)32-17(2)23(30)25-20-14-8-7-13-19(20)18-11-5-4-6-12-18/h4-17H,3H2,1-2H3,(H,25,30). The highest BCUT2D eigenvalue weighted by Gasteiger charge is 2.21. The van der Waals surface area contributed by atoms with Gasteiger partial charge in [-0.05, 0) is 48.0 Å². The number of thioether (sulfide) groups is 1. The van der Waals surface area contributed by atoms with E-state index in [0.29, 0.717) is 17.5 Å². The molecule has 7 nitrogen and oxygen atoms in total. The Hall–Kier alpha value is -3.65. The van der Waals surface area contributed by atoms with Gasteiger partial charge < -0.3 is 10.1 Å². The highest BCUT2D eigenvalue weighted by Crippen LogP contribution is 2.30. The molecule has 0 aliphatic carbocycles. The van der Waals surface area contributed by atoms with Gasteiger partial charge in [-0.3, -0.25) is 4.79 Å². The molecule has 1 atom stereocenters. The van der Waals surface area contributed by atoms with Crippen LogP contribution in [0.2, 0.25) is 0 Å². The molecule has 1 heterocycles. The van der Waals surface area contributed by atoms with Crippen molar-refractivity contribution >= 4 is 23.4 Å². The van der Waals surface area contributed by atoms with Crippen LogP contribution >= 0.6 is 11.8 Å². The number of nitrogens with zero attached hydrogens (tertiary/aromatic N) is 4. The summed E-state index contributed by atoms with van der Waals surface area (Å²) in [5.74, 6) is 0.545. The first-order valence-electron chi connectivity index (χ1n) is 10.3. The zero-order chi connectivity index (χ0) is 22.3. The van der Waals surface area contributed by atoms with Crippen molar-refractivity contribution in [2.24, 2.45) is 0 Å². The molecule has 1 N–H and O–H groups in total. The monoisotopic (exact) mass is 445 g/mol. The van der Waals surface area contributed by atoms with Gasteiger partial charge in [0, 0.05) is 11.3 Å². The second-order valence-electron chi connectivity index (χ2n) is 6.93. The number of benzene rings is 3. The molecule has 0 radical (unpaired) electrons. The van der Waals surface area contributed by atoms with E-state index in [1.807, 2.05) is 92.7 Å². The number of ether oxygens (including phenoxy) is 1. The van der Waals surface area contributed by atoms with Crippen LogP contribution in [0.3, 0.4) is 0 Å². The lowest BCUT2D eigenvalue weighted by atomic mass is 10.0. The highest BCUT2D eigenvalue weighted by molar-refractivity contribution is 8.00. The van der Waals surface area contributed by atoms with Crippen LogP contribution in [0, 0.1) is 0 Å². The third-order valence-electron chi connectivity index (χ3n) is 4.76. The zero-order valence-corrected chi connectivity index (χ0v) is 18.6. The fourth-order valence-electron chi connectivity index (χ4n) is 3.22. The van der Waals surface area contributed by atoms with E-state index in [0.717, 1.165) is 22.5 Å². The first-order chi connectivity index (χ1) is 15.7. The summed E-state index contributed by atoms with van der Waals surface area (Å²) in [5.41, 5.74) is 3.50. The number of hydrogen-bond acceptors (Lipinski definition) is 6. The van der Waals surface area contributed by atoms with Crippen LogP contribution in [0.25, 0.3) is 16.8 Å². The molecule has 32 heavy (non-hydrogen) atoms. The molecular weight excluding hydrogens is 422 g/mol. The number of anilines is 1. The maximum Gasteiger partial charge on any atom is 0.237 e. The Labute approximate surface area is 190 Å². The van der Waals surface area contributed by atoms with Gasteiger partial charge in [0.25, 0.3) is 0 Å². The van der Waals surface area contributed by atoms with Gasteiger partial charge in [-0.2, -0.15) is 4.68 Å². The molecule has 0 aliphatic heterocycles. The smallest absolute Gasteiger partial charge is 0.237 e. The van der Waals surface area contributed by atoms with Gasteiger partial charge >= 0.3 is 0 Å². The Balaban J connectivity index is 1.52. The van der Waals surface area contributed by atoms with Gasteiger partial charge in [0.1, 0.15) is 11.4 Å². The van der Waals surface area contributed by atoms with E-state index in [9.17, 15) is 4.79 Å². The molecule has 1 aromatic heterocycles. The minimum atomic E-state index is -0.428. The average Bonchev–Trinajstić information content (AvgIpc) is 3.28. The molecule has 0 saturated heterocycles. The van der Waals surface area contributed by atoms with Gasteiger partial charge in [0.15, 0.2) is 0 Å². The number of aromatic nitrogens is 4. The number of nitrogens with one attached hydrogen (secondary N) is 1. The van der Waals surface area contributed by atoms with E-state index in [1.165, 1.54) is 11.8 Å². The van der Waals surface area contributed by atoms with Gasteiger partial charge in [0.05, 0.1) is 11.9 Å². The fourth-order valence-corrected chi connectivity index (χ4v) is 4.02. The van der Waals surface area contributed by atoms with Crippen molar-refractivity contribution in [1.82, 2.24) is 20.2 Å².